The van der Waals surface area contributed by atoms with E-state index in [1.807, 2.05) is 0 Å². The van der Waals surface area contributed by atoms with Crippen LogP contribution in [0.25, 0.3) is 0 Å². The van der Waals surface area contributed by atoms with Crippen molar-refractivity contribution in [3.63, 3.8) is 0 Å². The second-order valence-corrected chi connectivity index (χ2v) is 17.5. The Morgan fingerprint density at radius 2 is 1.36 bits per heavy atom. The minimum Gasteiger partial charge on any atom is -0.414 e. The Morgan fingerprint density at radius 1 is 0.880 bits per heavy atom. The molecule has 2 rings (SSSR count). The number of aliphatic hydroxyl groups is 1. The number of aliphatic hydroxyl groups excluding tert-OH is 1. The lowest BCUT2D eigenvalue weighted by Gasteiger charge is -2.51. The van der Waals surface area contributed by atoms with Crippen molar-refractivity contribution >= 4 is 25.0 Å². The Morgan fingerprint density at radius 3 is 1.80 bits per heavy atom. The zero-order valence-corrected chi connectivity index (χ0v) is 19.0. The molecule has 0 aromatic heterocycles. The van der Waals surface area contributed by atoms with E-state index in [9.17, 15) is 5.11 Å². The number of fused-ring (bicyclic) bond motifs is 1. The Hall–Kier alpha value is 0.299. The van der Waals surface area contributed by atoms with Crippen LogP contribution in [-0.4, -0.2) is 61.0 Å². The van der Waals surface area contributed by atoms with E-state index in [1.54, 1.807) is 0 Å². The first-order chi connectivity index (χ1) is 11.5. The first-order valence-electron chi connectivity index (χ1n) is 9.59. The first kappa shape index (κ1) is 21.6. The lowest BCUT2D eigenvalue weighted by molar-refractivity contribution is -0.0318. The van der Waals surface area contributed by atoms with Gasteiger partial charge in [0.2, 0.25) is 0 Å². The van der Waals surface area contributed by atoms with E-state index in [0.717, 1.165) is 0 Å². The van der Waals surface area contributed by atoms with Crippen LogP contribution in [0.3, 0.4) is 0 Å². The molecule has 2 aliphatic heterocycles. The van der Waals surface area contributed by atoms with Crippen molar-refractivity contribution in [3.05, 3.63) is 0 Å². The predicted octanol–water partition coefficient (Wildman–Crippen LogP) is 3.20. The zero-order chi connectivity index (χ0) is 19.2. The SMILES string of the molecule is [B][C@@H]1O[C@H]2CO[Si](C(C)C)(C(C)C)O[Si](C(C)C)(C(C)C)OC2[C@@H]1O. The van der Waals surface area contributed by atoms with Crippen molar-refractivity contribution in [3.8, 4) is 0 Å². The highest BCUT2D eigenvalue weighted by Gasteiger charge is 2.61. The number of ether oxygens (including phenoxy) is 1. The molecule has 0 aromatic carbocycles. The average molecular weight is 386 g/mol. The molecule has 1 N–H and O–H groups in total. The molecule has 5 nitrogen and oxygen atoms in total. The number of hydrogen-bond donors (Lipinski definition) is 1. The zero-order valence-electron chi connectivity index (χ0n) is 17.0. The van der Waals surface area contributed by atoms with E-state index in [4.69, 9.17) is 25.6 Å². The molecule has 25 heavy (non-hydrogen) atoms. The van der Waals surface area contributed by atoms with Gasteiger partial charge in [-0.15, -0.1) is 0 Å². The average Bonchev–Trinajstić information content (AvgIpc) is 2.73. The summed E-state index contributed by atoms with van der Waals surface area (Å²) in [7, 11) is 0.699. The molecule has 4 atom stereocenters. The van der Waals surface area contributed by atoms with E-state index in [-0.39, 0.29) is 28.3 Å². The van der Waals surface area contributed by atoms with E-state index < -0.39 is 35.3 Å². The van der Waals surface area contributed by atoms with Crippen LogP contribution in [0.5, 0.6) is 0 Å². The maximum Gasteiger partial charge on any atom is 0.335 e. The summed E-state index contributed by atoms with van der Waals surface area (Å²) in [6, 6.07) is -0.739. The largest absolute Gasteiger partial charge is 0.414 e. The second-order valence-electron chi connectivity index (χ2n) is 8.69. The molecule has 2 aliphatic rings. The van der Waals surface area contributed by atoms with Gasteiger partial charge in [0.15, 0.2) is 0 Å². The van der Waals surface area contributed by atoms with Crippen LogP contribution in [0, 0.1) is 0 Å². The topological polar surface area (TPSA) is 57.2 Å². The molecule has 0 spiro atoms. The molecule has 8 heteroatoms. The van der Waals surface area contributed by atoms with Crippen molar-refractivity contribution in [2.45, 2.75) is 102 Å². The predicted molar refractivity (Wildman–Crippen MR) is 104 cm³/mol. The molecule has 2 heterocycles. The Balaban J connectivity index is 2.53. The molecule has 0 bridgehead atoms. The summed E-state index contributed by atoms with van der Waals surface area (Å²) in [5, 5.41) is 10.5. The van der Waals surface area contributed by atoms with Crippen LogP contribution < -0.4 is 0 Å². The smallest absolute Gasteiger partial charge is 0.335 e. The quantitative estimate of drug-likeness (QED) is 0.752. The first-order valence-corrected chi connectivity index (χ1v) is 13.5. The summed E-state index contributed by atoms with van der Waals surface area (Å²) in [5.41, 5.74) is 1.03. The molecule has 144 valence electrons. The third-order valence-corrected chi connectivity index (χ3v) is 16.0. The van der Waals surface area contributed by atoms with Crippen molar-refractivity contribution in [1.29, 1.82) is 0 Å². The highest BCUT2D eigenvalue weighted by molar-refractivity contribution is 6.83. The van der Waals surface area contributed by atoms with E-state index in [0.29, 0.717) is 6.61 Å². The van der Waals surface area contributed by atoms with Crippen molar-refractivity contribution in [2.24, 2.45) is 0 Å². The molecule has 2 saturated heterocycles. The summed E-state index contributed by atoms with van der Waals surface area (Å²) in [6.07, 6.45) is -1.69. The van der Waals surface area contributed by atoms with Gasteiger partial charge in [0.25, 0.3) is 0 Å². The highest BCUT2D eigenvalue weighted by Crippen LogP contribution is 2.47. The molecule has 0 aromatic rings. The molecule has 0 aliphatic carbocycles. The minimum atomic E-state index is -2.70. The maximum atomic E-state index is 10.5. The molecular formula is C17H35BO5Si2. The normalized spacial score (nSPS) is 35.2. The Labute approximate surface area is 156 Å². The monoisotopic (exact) mass is 386 g/mol. The molecule has 0 amide bonds. The van der Waals surface area contributed by atoms with Gasteiger partial charge in [-0.1, -0.05) is 55.4 Å². The summed E-state index contributed by atoms with van der Waals surface area (Å²) in [5.74, 6) is 0. The van der Waals surface area contributed by atoms with Crippen LogP contribution in [0.15, 0.2) is 0 Å². The third kappa shape index (κ3) is 3.68. The Bertz CT molecular complexity index is 444. The summed E-state index contributed by atoms with van der Waals surface area (Å²) < 4.78 is 26.0. The van der Waals surface area contributed by atoms with E-state index in [2.05, 4.69) is 55.4 Å². The molecular weight excluding hydrogens is 351 g/mol. The number of rotatable bonds is 4. The van der Waals surface area contributed by atoms with E-state index >= 15 is 0 Å². The lowest BCUT2D eigenvalue weighted by atomic mass is 9.93. The van der Waals surface area contributed by atoms with Crippen LogP contribution >= 0.6 is 0 Å². The molecule has 2 fully saturated rings. The Kier molecular flexibility index (Phi) is 6.68. The van der Waals surface area contributed by atoms with Crippen LogP contribution in [0.2, 0.25) is 22.2 Å². The van der Waals surface area contributed by atoms with Crippen molar-refractivity contribution in [2.75, 3.05) is 6.61 Å². The summed E-state index contributed by atoms with van der Waals surface area (Å²) in [4.78, 5) is 0. The van der Waals surface area contributed by atoms with Crippen LogP contribution in [0.4, 0.5) is 0 Å². The van der Waals surface area contributed by atoms with Crippen LogP contribution in [0.1, 0.15) is 55.4 Å². The van der Waals surface area contributed by atoms with Crippen molar-refractivity contribution < 1.29 is 22.8 Å². The summed E-state index contributed by atoms with van der Waals surface area (Å²) in [6.45, 7) is 17.7. The molecule has 1 unspecified atom stereocenters. The highest BCUT2D eigenvalue weighted by atomic mass is 28.5. The fourth-order valence-corrected chi connectivity index (χ4v) is 15.4. The third-order valence-electron chi connectivity index (χ3n) is 5.70. The van der Waals surface area contributed by atoms with Gasteiger partial charge in [-0.25, -0.2) is 0 Å². The van der Waals surface area contributed by atoms with Gasteiger partial charge in [-0.2, -0.15) is 0 Å². The fraction of sp³-hybridized carbons (Fsp3) is 1.00. The number of hydrogen-bond acceptors (Lipinski definition) is 5. The minimum absolute atomic E-state index is 0.225. The summed E-state index contributed by atoms with van der Waals surface area (Å²) >= 11 is 0. The van der Waals surface area contributed by atoms with Crippen LogP contribution in [-0.2, 0) is 17.7 Å². The van der Waals surface area contributed by atoms with Gasteiger partial charge in [0, 0.05) is 6.00 Å². The van der Waals surface area contributed by atoms with Gasteiger partial charge >= 0.3 is 17.1 Å². The van der Waals surface area contributed by atoms with Crippen molar-refractivity contribution in [1.82, 2.24) is 0 Å². The fourth-order valence-electron chi connectivity index (χ4n) is 4.18. The molecule has 2 radical (unpaired) electrons. The van der Waals surface area contributed by atoms with Gasteiger partial charge in [0.1, 0.15) is 20.1 Å². The standard InChI is InChI=1S/C17H35BO5Si2/c1-10(2)24(11(3)4)20-9-14-16(15(19)17(18)21-14)22-25(23-24,12(5)6)13(7)8/h10-17,19H,9H2,1-8H3/t14-,15-,16?,17+/m0/s1. The second kappa shape index (κ2) is 7.73. The maximum absolute atomic E-state index is 10.5. The van der Waals surface area contributed by atoms with E-state index in [1.165, 1.54) is 0 Å². The lowest BCUT2D eigenvalue weighted by Crippen LogP contribution is -2.65. The van der Waals surface area contributed by atoms with Gasteiger partial charge in [-0.05, 0) is 22.2 Å². The van der Waals surface area contributed by atoms with Gasteiger partial charge < -0.3 is 22.8 Å². The molecule has 0 saturated carbocycles. The van der Waals surface area contributed by atoms with Gasteiger partial charge in [-0.3, -0.25) is 0 Å². The van der Waals surface area contributed by atoms with Gasteiger partial charge in [0.05, 0.1) is 12.7 Å².